The fourth-order valence-electron chi connectivity index (χ4n) is 2.12. The highest BCUT2D eigenvalue weighted by Crippen LogP contribution is 2.22. The van der Waals surface area contributed by atoms with E-state index in [9.17, 15) is 4.79 Å². The molecule has 0 aliphatic heterocycles. The number of carbonyl (C=O) groups is 1. The normalized spacial score (nSPS) is 15.1. The minimum absolute atomic E-state index is 0.223. The Bertz CT molecular complexity index is 341. The highest BCUT2D eigenvalue weighted by Gasteiger charge is 2.13. The van der Waals surface area contributed by atoms with Crippen LogP contribution in [0.3, 0.4) is 0 Å². The van der Waals surface area contributed by atoms with Crippen LogP contribution >= 0.6 is 0 Å². The summed E-state index contributed by atoms with van der Waals surface area (Å²) >= 11 is 0. The largest absolute Gasteiger partial charge is 0.481 e. The van der Waals surface area contributed by atoms with E-state index in [-0.39, 0.29) is 6.42 Å². The summed E-state index contributed by atoms with van der Waals surface area (Å²) in [5.74, 6) is -0.719. The molecule has 1 aromatic rings. The molecule has 14 heavy (non-hydrogen) atoms. The van der Waals surface area contributed by atoms with E-state index in [4.69, 9.17) is 5.11 Å². The molecule has 1 aliphatic carbocycles. The van der Waals surface area contributed by atoms with Crippen LogP contribution in [0, 0.1) is 0 Å². The molecule has 3 heteroatoms. The predicted molar refractivity (Wildman–Crippen MR) is 53.3 cm³/mol. The molecule has 1 heterocycles. The van der Waals surface area contributed by atoms with Crippen LogP contribution in [0.25, 0.3) is 0 Å². The molecular formula is C11H15NO2. The van der Waals surface area contributed by atoms with Crippen molar-refractivity contribution in [3.8, 4) is 0 Å². The average molecular weight is 193 g/mol. The first kappa shape index (κ1) is 9.31. The van der Waals surface area contributed by atoms with Gasteiger partial charge in [0.2, 0.25) is 0 Å². The zero-order chi connectivity index (χ0) is 9.97. The van der Waals surface area contributed by atoms with Crippen molar-refractivity contribution < 1.29 is 9.90 Å². The van der Waals surface area contributed by atoms with Crippen LogP contribution in [0.5, 0.6) is 0 Å². The highest BCUT2D eigenvalue weighted by atomic mass is 16.4. The lowest BCUT2D eigenvalue weighted by atomic mass is 9.98. The van der Waals surface area contributed by atoms with Crippen LogP contribution in [-0.2, 0) is 24.2 Å². The van der Waals surface area contributed by atoms with Crippen molar-refractivity contribution in [3.05, 3.63) is 23.5 Å². The van der Waals surface area contributed by atoms with E-state index in [1.165, 1.54) is 24.1 Å². The van der Waals surface area contributed by atoms with E-state index in [2.05, 4.69) is 10.6 Å². The molecule has 0 unspecified atom stereocenters. The minimum Gasteiger partial charge on any atom is -0.481 e. The van der Waals surface area contributed by atoms with E-state index >= 15 is 0 Å². The van der Waals surface area contributed by atoms with Gasteiger partial charge in [-0.3, -0.25) is 4.79 Å². The Morgan fingerprint density at radius 1 is 1.43 bits per heavy atom. The zero-order valence-corrected chi connectivity index (χ0v) is 8.20. The van der Waals surface area contributed by atoms with Crippen LogP contribution in [-0.4, -0.2) is 15.6 Å². The number of nitrogens with zero attached hydrogens (tertiary/aromatic N) is 1. The number of hydrogen-bond donors (Lipinski definition) is 1. The van der Waals surface area contributed by atoms with Crippen molar-refractivity contribution in [2.45, 2.75) is 38.6 Å². The summed E-state index contributed by atoms with van der Waals surface area (Å²) in [4.78, 5) is 10.4. The number of carboxylic acids is 1. The molecule has 1 aliphatic rings. The van der Waals surface area contributed by atoms with Gasteiger partial charge in [0.15, 0.2) is 0 Å². The number of aromatic nitrogens is 1. The molecule has 76 valence electrons. The van der Waals surface area contributed by atoms with Gasteiger partial charge in [0.25, 0.3) is 0 Å². The second kappa shape index (κ2) is 3.86. The van der Waals surface area contributed by atoms with Gasteiger partial charge in [-0.2, -0.15) is 0 Å². The van der Waals surface area contributed by atoms with Crippen molar-refractivity contribution in [2.24, 2.45) is 0 Å². The third kappa shape index (κ3) is 1.81. The molecule has 0 amide bonds. The quantitative estimate of drug-likeness (QED) is 0.795. The van der Waals surface area contributed by atoms with Crippen LogP contribution in [0.1, 0.15) is 30.5 Å². The second-order valence-corrected chi connectivity index (χ2v) is 3.83. The third-order valence-corrected chi connectivity index (χ3v) is 2.85. The van der Waals surface area contributed by atoms with Gasteiger partial charge in [0, 0.05) is 18.4 Å². The predicted octanol–water partition coefficient (Wildman–Crippen LogP) is 1.84. The number of fused-ring (bicyclic) bond motifs is 1. The Labute approximate surface area is 83.4 Å². The summed E-state index contributed by atoms with van der Waals surface area (Å²) in [6.07, 6.45) is 7.04. The minimum atomic E-state index is -0.719. The lowest BCUT2D eigenvalue weighted by Gasteiger charge is -2.14. The highest BCUT2D eigenvalue weighted by molar-refractivity contribution is 5.66. The van der Waals surface area contributed by atoms with Crippen LogP contribution in [0.15, 0.2) is 12.3 Å². The first-order valence-electron chi connectivity index (χ1n) is 5.16. The van der Waals surface area contributed by atoms with Crippen molar-refractivity contribution in [1.29, 1.82) is 0 Å². The third-order valence-electron chi connectivity index (χ3n) is 2.85. The zero-order valence-electron chi connectivity index (χ0n) is 8.20. The lowest BCUT2D eigenvalue weighted by molar-refractivity contribution is -0.137. The number of rotatable bonds is 3. The standard InChI is InChI=1S/C11H15NO2/c13-11(14)6-8-12-7-5-9-3-1-2-4-10(9)12/h5,7H,1-4,6,8H2,(H,13,14). The van der Waals surface area contributed by atoms with E-state index in [1.807, 2.05) is 6.20 Å². The maximum absolute atomic E-state index is 10.4. The molecule has 1 N–H and O–H groups in total. The molecular weight excluding hydrogens is 178 g/mol. The smallest absolute Gasteiger partial charge is 0.305 e. The maximum Gasteiger partial charge on any atom is 0.305 e. The molecule has 0 bridgehead atoms. The first-order chi connectivity index (χ1) is 6.77. The number of aryl methyl sites for hydroxylation is 2. The van der Waals surface area contributed by atoms with E-state index in [1.54, 1.807) is 0 Å². The molecule has 0 saturated heterocycles. The van der Waals surface area contributed by atoms with Crippen LogP contribution in [0.2, 0.25) is 0 Å². The molecule has 0 atom stereocenters. The molecule has 0 aromatic carbocycles. The molecule has 1 aromatic heterocycles. The number of carboxylic acid groups (broad SMARTS) is 1. The van der Waals surface area contributed by atoms with Crippen LogP contribution < -0.4 is 0 Å². The lowest BCUT2D eigenvalue weighted by Crippen LogP contribution is -2.10. The van der Waals surface area contributed by atoms with Gasteiger partial charge in [-0.05, 0) is 37.3 Å². The summed E-state index contributed by atoms with van der Waals surface area (Å²) in [7, 11) is 0. The van der Waals surface area contributed by atoms with Gasteiger partial charge >= 0.3 is 5.97 Å². The van der Waals surface area contributed by atoms with Crippen molar-refractivity contribution in [2.75, 3.05) is 0 Å². The SMILES string of the molecule is O=C(O)CCn1ccc2c1CCCC2. The molecule has 0 radical (unpaired) electrons. The fraction of sp³-hybridized carbons (Fsp3) is 0.545. The molecule has 0 saturated carbocycles. The topological polar surface area (TPSA) is 42.2 Å². The van der Waals surface area contributed by atoms with Gasteiger partial charge in [0.05, 0.1) is 6.42 Å². The molecule has 2 rings (SSSR count). The maximum atomic E-state index is 10.4. The monoisotopic (exact) mass is 193 g/mol. The number of aliphatic carboxylic acids is 1. The Morgan fingerprint density at radius 2 is 2.21 bits per heavy atom. The Kier molecular flexibility index (Phi) is 2.57. The molecule has 0 spiro atoms. The van der Waals surface area contributed by atoms with Gasteiger partial charge in [0.1, 0.15) is 0 Å². The second-order valence-electron chi connectivity index (χ2n) is 3.83. The van der Waals surface area contributed by atoms with E-state index in [0.717, 1.165) is 12.8 Å². The molecule has 0 fully saturated rings. The molecule has 3 nitrogen and oxygen atoms in total. The summed E-state index contributed by atoms with van der Waals surface area (Å²) in [6, 6.07) is 2.14. The number of hydrogen-bond acceptors (Lipinski definition) is 1. The fourth-order valence-corrected chi connectivity index (χ4v) is 2.12. The van der Waals surface area contributed by atoms with Gasteiger partial charge in [-0.15, -0.1) is 0 Å². The van der Waals surface area contributed by atoms with Gasteiger partial charge < -0.3 is 9.67 Å². The first-order valence-corrected chi connectivity index (χ1v) is 5.16. The summed E-state index contributed by atoms with van der Waals surface area (Å²) in [5, 5.41) is 8.60. The van der Waals surface area contributed by atoms with Gasteiger partial charge in [-0.25, -0.2) is 0 Å². The van der Waals surface area contributed by atoms with Crippen LogP contribution in [0.4, 0.5) is 0 Å². The Balaban J connectivity index is 2.10. The summed E-state index contributed by atoms with van der Waals surface area (Å²) < 4.78 is 2.10. The van der Waals surface area contributed by atoms with Gasteiger partial charge in [-0.1, -0.05) is 0 Å². The van der Waals surface area contributed by atoms with Crippen molar-refractivity contribution in [3.63, 3.8) is 0 Å². The van der Waals surface area contributed by atoms with Crippen molar-refractivity contribution in [1.82, 2.24) is 4.57 Å². The van der Waals surface area contributed by atoms with Crippen molar-refractivity contribution >= 4 is 5.97 Å². The Morgan fingerprint density at radius 3 is 3.00 bits per heavy atom. The average Bonchev–Trinajstić information content (AvgIpc) is 2.58. The Hall–Kier alpha value is -1.25. The summed E-state index contributed by atoms with van der Waals surface area (Å²) in [5.41, 5.74) is 2.78. The van der Waals surface area contributed by atoms with E-state index < -0.39 is 5.97 Å². The van der Waals surface area contributed by atoms with E-state index in [0.29, 0.717) is 6.54 Å². The summed E-state index contributed by atoms with van der Waals surface area (Å²) in [6.45, 7) is 0.616.